The molecule has 0 spiro atoms. The minimum Gasteiger partial charge on any atom is -0.451 e. The molecule has 25 heteroatoms. The van der Waals surface area contributed by atoms with Gasteiger partial charge in [-0.1, -0.05) is 72.2 Å². The van der Waals surface area contributed by atoms with Gasteiger partial charge in [0.15, 0.2) is 41.1 Å². The number of hydroxylamine groups is 2. The molecule has 15 nitrogen and oxygen atoms in total. The molecule has 2 amide bonds. The normalized spacial score (nSPS) is 14.5. The standard InChI is InChI=1S/C27H28Cl3F2N3O3S.C18H18ClF2N3O4S.C6H5NO/c1-27(2,17-11-23(31)25(24(32)12-17)38-21-5-3-18(28)4-6-21)22(26(36)34-37)14-35(8-7-33)39-15-16-9-19(29)13-20(30)10-16;1-23-6-7-24(16(10-23)18(25)22-26)29(27)13-8-14(20)17(15(21)9-13)28-12-4-2-11(19)3-5-12;8-5-6-2-1-3-7-4-6/h3-6,9-13,22,37H,7-8,14-15,33H2,1-2H3,(H,34,36);2-5,8-9,16,26H,6-7,10H2,1H3,(H,22,25);1-5H/t22-;16-,29?;/m11./s1. The number of nitrogens with zero attached hydrogens (tertiary/aromatic N) is 4. The Hall–Kier alpha value is -5.40. The molecule has 1 aromatic heterocycles. The molecule has 7 rings (SSSR count). The Morgan fingerprint density at radius 2 is 1.38 bits per heavy atom. The van der Waals surface area contributed by atoms with Gasteiger partial charge in [0.1, 0.15) is 28.5 Å². The second-order valence-electron chi connectivity index (χ2n) is 17.1. The fourth-order valence-electron chi connectivity index (χ4n) is 7.31. The van der Waals surface area contributed by atoms with Gasteiger partial charge in [0, 0.05) is 88.5 Å². The van der Waals surface area contributed by atoms with E-state index in [9.17, 15) is 32.6 Å². The lowest BCUT2D eigenvalue weighted by Gasteiger charge is -2.37. The highest BCUT2D eigenvalue weighted by atomic mass is 35.5. The monoisotopic (exact) mass is 1170 g/mol. The van der Waals surface area contributed by atoms with Gasteiger partial charge in [0.2, 0.25) is 5.91 Å². The number of pyridine rings is 1. The number of nitrogens with one attached hydrogen (secondary N) is 2. The number of rotatable bonds is 18. The summed E-state index contributed by atoms with van der Waals surface area (Å²) in [6, 6.07) is 23.7. The van der Waals surface area contributed by atoms with Crippen LogP contribution in [-0.4, -0.2) is 104 Å². The highest BCUT2D eigenvalue weighted by Crippen LogP contribution is 2.39. The van der Waals surface area contributed by atoms with E-state index in [1.54, 1.807) is 62.9 Å². The summed E-state index contributed by atoms with van der Waals surface area (Å²) >= 11 is 25.2. The summed E-state index contributed by atoms with van der Waals surface area (Å²) in [4.78, 5) is 40.1. The van der Waals surface area contributed by atoms with Crippen molar-refractivity contribution in [3.63, 3.8) is 0 Å². The Morgan fingerprint density at radius 3 is 1.84 bits per heavy atom. The summed E-state index contributed by atoms with van der Waals surface area (Å²) in [6.07, 6.45) is 3.92. The summed E-state index contributed by atoms with van der Waals surface area (Å²) in [6.45, 7) is 5.03. The van der Waals surface area contributed by atoms with Gasteiger partial charge < -0.3 is 20.1 Å². The fraction of sp³-hybridized carbons (Fsp3) is 0.255. The molecule has 0 aliphatic carbocycles. The number of aldehydes is 1. The Morgan fingerprint density at radius 1 is 0.842 bits per heavy atom. The molecule has 1 fully saturated rings. The minimum absolute atomic E-state index is 0.113. The van der Waals surface area contributed by atoms with Crippen molar-refractivity contribution in [2.24, 2.45) is 11.7 Å². The second kappa shape index (κ2) is 29.4. The third-order valence-corrected chi connectivity index (χ3v) is 15.0. The zero-order valence-corrected chi connectivity index (χ0v) is 45.4. The summed E-state index contributed by atoms with van der Waals surface area (Å²) in [5.41, 5.74) is 9.60. The molecule has 406 valence electrons. The topological polar surface area (TPSA) is 200 Å². The first kappa shape index (κ1) is 61.5. The van der Waals surface area contributed by atoms with Crippen molar-refractivity contribution < 1.29 is 56.0 Å². The van der Waals surface area contributed by atoms with Crippen LogP contribution in [0.5, 0.6) is 23.0 Å². The Bertz CT molecular complexity index is 2880. The molecule has 3 atom stereocenters. The molecule has 1 unspecified atom stereocenters. The second-order valence-corrected chi connectivity index (χ2v) is 21.4. The molecule has 1 aliphatic heterocycles. The third-order valence-electron chi connectivity index (χ3n) is 11.4. The van der Waals surface area contributed by atoms with Crippen LogP contribution in [-0.2, 0) is 31.7 Å². The molecule has 6 N–H and O–H groups in total. The van der Waals surface area contributed by atoms with Crippen molar-refractivity contribution in [1.29, 1.82) is 0 Å². The Labute approximate surface area is 462 Å². The van der Waals surface area contributed by atoms with Crippen LogP contribution in [0, 0.1) is 29.2 Å². The quantitative estimate of drug-likeness (QED) is 0.0179. The molecule has 0 saturated carbocycles. The Balaban J connectivity index is 0.000000251. The van der Waals surface area contributed by atoms with Gasteiger partial charge in [0.25, 0.3) is 5.91 Å². The Kier molecular flexibility index (Phi) is 23.7. The first-order chi connectivity index (χ1) is 36.2. The number of piperazine rings is 1. The minimum atomic E-state index is -2.03. The van der Waals surface area contributed by atoms with Crippen molar-refractivity contribution in [3.05, 3.63) is 176 Å². The lowest BCUT2D eigenvalue weighted by molar-refractivity contribution is -0.136. The molecule has 5 aromatic carbocycles. The average molecular weight is 1170 g/mol. The van der Waals surface area contributed by atoms with E-state index >= 15 is 8.78 Å². The molecule has 1 saturated heterocycles. The number of nitrogens with two attached hydrogens (primary N) is 1. The summed E-state index contributed by atoms with van der Waals surface area (Å²) < 4.78 is 86.0. The van der Waals surface area contributed by atoms with Crippen LogP contribution in [0.25, 0.3) is 0 Å². The van der Waals surface area contributed by atoms with E-state index in [1.165, 1.54) is 76.5 Å². The first-order valence-electron chi connectivity index (χ1n) is 22.7. The van der Waals surface area contributed by atoms with Crippen LogP contribution in [0.15, 0.2) is 120 Å². The lowest BCUT2D eigenvalue weighted by atomic mass is 9.72. The lowest BCUT2D eigenvalue weighted by Crippen LogP contribution is -2.58. The van der Waals surface area contributed by atoms with Gasteiger partial charge >= 0.3 is 0 Å². The van der Waals surface area contributed by atoms with E-state index in [4.69, 9.17) is 66.8 Å². The van der Waals surface area contributed by atoms with Gasteiger partial charge in [0.05, 0.1) is 10.8 Å². The van der Waals surface area contributed by atoms with Crippen molar-refractivity contribution in [1.82, 2.24) is 29.5 Å². The molecule has 0 bridgehead atoms. The summed E-state index contributed by atoms with van der Waals surface area (Å²) in [5, 5.41) is 20.3. The van der Waals surface area contributed by atoms with E-state index in [2.05, 4.69) is 4.98 Å². The van der Waals surface area contributed by atoms with Crippen LogP contribution < -0.4 is 26.2 Å². The molecule has 1 aliphatic rings. The number of carbonyl (C=O) groups excluding carboxylic acids is 3. The number of hydrogen-bond acceptors (Lipinski definition) is 13. The predicted octanol–water partition coefficient (Wildman–Crippen LogP) is 10.7. The number of hydrogen-bond donors (Lipinski definition) is 5. The number of ether oxygens (including phenoxy) is 2. The van der Waals surface area contributed by atoms with E-state index < -0.39 is 74.9 Å². The van der Waals surface area contributed by atoms with Crippen molar-refractivity contribution in [2.75, 3.05) is 46.3 Å². The number of amides is 2. The zero-order chi connectivity index (χ0) is 55.7. The van der Waals surface area contributed by atoms with Crippen LogP contribution in [0.4, 0.5) is 17.6 Å². The van der Waals surface area contributed by atoms with E-state index in [1.807, 2.05) is 9.21 Å². The van der Waals surface area contributed by atoms with Crippen LogP contribution in [0.1, 0.15) is 35.3 Å². The van der Waals surface area contributed by atoms with Crippen LogP contribution in [0.3, 0.4) is 0 Å². The number of benzene rings is 5. The highest BCUT2D eigenvalue weighted by molar-refractivity contribution is 7.96. The molecule has 6 aromatic rings. The van der Waals surface area contributed by atoms with Gasteiger partial charge in [-0.3, -0.25) is 29.8 Å². The number of likely N-dealkylation sites (N-methyl/N-ethyl adjacent to an activating group) is 1. The molecule has 76 heavy (non-hydrogen) atoms. The molecular weight excluding hydrogens is 1120 g/mol. The maximum absolute atomic E-state index is 15.1. The zero-order valence-electron chi connectivity index (χ0n) is 40.7. The van der Waals surface area contributed by atoms with E-state index in [0.29, 0.717) is 44.5 Å². The predicted molar refractivity (Wildman–Crippen MR) is 285 cm³/mol. The van der Waals surface area contributed by atoms with Gasteiger partial charge in [-0.2, -0.15) is 0 Å². The molecule has 2 heterocycles. The largest absolute Gasteiger partial charge is 0.451 e. The first-order valence-corrected chi connectivity index (χ1v) is 26.2. The van der Waals surface area contributed by atoms with E-state index in [0.717, 1.165) is 36.1 Å². The highest BCUT2D eigenvalue weighted by Gasteiger charge is 2.40. The SMILES string of the molecule is CC(C)(c1cc(F)c(Oc2ccc(Cl)cc2)c(F)c1)[C@H](CN(CCN)SCc1cc(Cl)cc(Cl)c1)C(=O)NO.CN1CCN(S(=O)c2cc(F)c(Oc3ccc(Cl)cc3)c(F)c2)[C@@H](C(=O)NO)C1.O=Cc1cccnc1. The number of halogens is 8. The van der Waals surface area contributed by atoms with Crippen molar-refractivity contribution in [3.8, 4) is 23.0 Å². The number of carbonyl (C=O) groups is 3. The maximum atomic E-state index is 15.1. The van der Waals surface area contributed by atoms with Crippen LogP contribution in [0.2, 0.25) is 20.1 Å². The average Bonchev–Trinajstić information content (AvgIpc) is 3.39. The van der Waals surface area contributed by atoms with E-state index in [-0.39, 0.29) is 48.1 Å². The van der Waals surface area contributed by atoms with Gasteiger partial charge in [-0.05, 0) is 121 Å². The fourth-order valence-corrected chi connectivity index (χ4v) is 10.4. The van der Waals surface area contributed by atoms with Gasteiger partial charge in [-0.15, -0.1) is 0 Å². The maximum Gasteiger partial charge on any atom is 0.263 e. The van der Waals surface area contributed by atoms with Crippen molar-refractivity contribution >= 4 is 87.4 Å². The number of aromatic nitrogens is 1. The smallest absolute Gasteiger partial charge is 0.263 e. The van der Waals surface area contributed by atoms with Gasteiger partial charge in [-0.25, -0.2) is 41.3 Å². The van der Waals surface area contributed by atoms with Crippen LogP contribution >= 0.6 is 58.4 Å². The molecule has 0 radical (unpaired) electrons. The molecular formula is C51H51Cl4F4N7O8S2. The van der Waals surface area contributed by atoms with Crippen molar-refractivity contribution in [2.45, 2.75) is 36.0 Å². The third kappa shape index (κ3) is 17.6. The summed E-state index contributed by atoms with van der Waals surface area (Å²) in [7, 11) is -0.270. The summed E-state index contributed by atoms with van der Waals surface area (Å²) in [5.74, 6) is -6.72.